The predicted molar refractivity (Wildman–Crippen MR) is 54.2 cm³/mol. The third-order valence-electron chi connectivity index (χ3n) is 1.45. The van der Waals surface area contributed by atoms with E-state index in [0.717, 1.165) is 0 Å². The van der Waals surface area contributed by atoms with E-state index >= 15 is 0 Å². The monoisotopic (exact) mass is 201 g/mol. The van der Waals surface area contributed by atoms with E-state index in [0.29, 0.717) is 6.54 Å². The summed E-state index contributed by atoms with van der Waals surface area (Å²) in [7, 11) is 0. The van der Waals surface area contributed by atoms with E-state index in [9.17, 15) is 9.59 Å². The second-order valence-electron chi connectivity index (χ2n) is 4.20. The summed E-state index contributed by atoms with van der Waals surface area (Å²) in [5.74, 6) is -0.0438. The summed E-state index contributed by atoms with van der Waals surface area (Å²) in [5.41, 5.74) is -0.513. The molecule has 0 spiro atoms. The van der Waals surface area contributed by atoms with E-state index in [4.69, 9.17) is 4.74 Å². The molecule has 4 heteroatoms. The van der Waals surface area contributed by atoms with Gasteiger partial charge in [-0.15, -0.1) is 0 Å². The summed E-state index contributed by atoms with van der Waals surface area (Å²) in [6, 6.07) is 0. The maximum Gasteiger partial charge on any atom is 0.410 e. The Morgan fingerprint density at radius 2 is 1.79 bits per heavy atom. The molecular weight excluding hydrogens is 182 g/mol. The lowest BCUT2D eigenvalue weighted by Gasteiger charge is -2.25. The van der Waals surface area contributed by atoms with Gasteiger partial charge in [0.05, 0.1) is 6.54 Å². The third-order valence-corrected chi connectivity index (χ3v) is 1.45. The topological polar surface area (TPSA) is 46.6 Å². The Labute approximate surface area is 85.2 Å². The molecule has 0 aliphatic carbocycles. The van der Waals surface area contributed by atoms with Crippen molar-refractivity contribution in [2.75, 3.05) is 13.1 Å². The first-order valence-electron chi connectivity index (χ1n) is 4.73. The molecule has 0 atom stereocenters. The van der Waals surface area contributed by atoms with Gasteiger partial charge in [0, 0.05) is 6.54 Å². The lowest BCUT2D eigenvalue weighted by molar-refractivity contribution is -0.118. The maximum absolute atomic E-state index is 11.5. The molecule has 1 amide bonds. The lowest BCUT2D eigenvalue weighted by atomic mass is 10.2. The first-order chi connectivity index (χ1) is 6.26. The van der Waals surface area contributed by atoms with Gasteiger partial charge < -0.3 is 9.64 Å². The Morgan fingerprint density at radius 3 is 2.07 bits per heavy atom. The van der Waals surface area contributed by atoms with Crippen LogP contribution in [0.1, 0.15) is 34.6 Å². The van der Waals surface area contributed by atoms with Crippen LogP contribution in [-0.4, -0.2) is 35.5 Å². The molecule has 0 fully saturated rings. The van der Waals surface area contributed by atoms with Crippen LogP contribution in [0.2, 0.25) is 0 Å². The van der Waals surface area contributed by atoms with Crippen molar-refractivity contribution < 1.29 is 14.3 Å². The summed E-state index contributed by atoms with van der Waals surface area (Å²) in [6.07, 6.45) is -0.435. The van der Waals surface area contributed by atoms with Crippen LogP contribution in [0.3, 0.4) is 0 Å². The number of hydrogen-bond acceptors (Lipinski definition) is 3. The van der Waals surface area contributed by atoms with E-state index < -0.39 is 11.7 Å². The number of Topliss-reactive ketones (excluding diaryl/α,β-unsaturated/α-hetero) is 1. The summed E-state index contributed by atoms with van der Waals surface area (Å²) in [5, 5.41) is 0. The second kappa shape index (κ2) is 4.98. The number of rotatable bonds is 3. The van der Waals surface area contributed by atoms with Crippen molar-refractivity contribution in [1.29, 1.82) is 0 Å². The van der Waals surface area contributed by atoms with Crippen LogP contribution in [0.25, 0.3) is 0 Å². The Hall–Kier alpha value is -1.06. The van der Waals surface area contributed by atoms with Crippen LogP contribution in [0, 0.1) is 0 Å². The van der Waals surface area contributed by atoms with Crippen molar-refractivity contribution in [3.63, 3.8) is 0 Å². The van der Waals surface area contributed by atoms with Crippen LogP contribution >= 0.6 is 0 Å². The molecule has 0 aromatic heterocycles. The fraction of sp³-hybridized carbons (Fsp3) is 0.800. The van der Waals surface area contributed by atoms with Crippen LogP contribution in [0.4, 0.5) is 4.79 Å². The van der Waals surface area contributed by atoms with Gasteiger partial charge in [-0.05, 0) is 34.6 Å². The minimum atomic E-state index is -0.513. The molecule has 0 saturated heterocycles. The zero-order valence-electron chi connectivity index (χ0n) is 9.59. The van der Waals surface area contributed by atoms with Crippen molar-refractivity contribution in [3.05, 3.63) is 0 Å². The Bertz CT molecular complexity index is 218. The normalized spacial score (nSPS) is 10.9. The molecule has 0 saturated carbocycles. The zero-order chi connectivity index (χ0) is 11.4. The van der Waals surface area contributed by atoms with E-state index in [-0.39, 0.29) is 12.3 Å². The van der Waals surface area contributed by atoms with Crippen molar-refractivity contribution in [2.24, 2.45) is 0 Å². The number of nitrogens with zero attached hydrogens (tertiary/aromatic N) is 1. The van der Waals surface area contributed by atoms with Gasteiger partial charge in [-0.3, -0.25) is 4.79 Å². The average molecular weight is 201 g/mol. The van der Waals surface area contributed by atoms with Gasteiger partial charge in [-0.25, -0.2) is 4.79 Å². The second-order valence-corrected chi connectivity index (χ2v) is 4.20. The van der Waals surface area contributed by atoms with E-state index in [1.54, 1.807) is 20.8 Å². The summed E-state index contributed by atoms with van der Waals surface area (Å²) in [6.45, 7) is 9.26. The number of ketones is 1. The number of carbonyl (C=O) groups is 2. The van der Waals surface area contributed by atoms with Crippen molar-refractivity contribution in [1.82, 2.24) is 4.90 Å². The fourth-order valence-electron chi connectivity index (χ4n) is 0.901. The number of likely N-dealkylation sites (N-methyl/N-ethyl adjacent to an activating group) is 1. The van der Waals surface area contributed by atoms with E-state index in [1.807, 2.05) is 6.92 Å². The van der Waals surface area contributed by atoms with Crippen LogP contribution in [0.15, 0.2) is 0 Å². The Kier molecular flexibility index (Phi) is 4.60. The smallest absolute Gasteiger partial charge is 0.410 e. The van der Waals surface area contributed by atoms with Gasteiger partial charge in [-0.1, -0.05) is 0 Å². The highest BCUT2D eigenvalue weighted by Gasteiger charge is 2.21. The van der Waals surface area contributed by atoms with Gasteiger partial charge in [0.25, 0.3) is 0 Å². The summed E-state index contributed by atoms with van der Waals surface area (Å²) >= 11 is 0. The van der Waals surface area contributed by atoms with Gasteiger partial charge in [0.15, 0.2) is 0 Å². The Balaban J connectivity index is 4.25. The molecule has 0 heterocycles. The minimum Gasteiger partial charge on any atom is -0.444 e. The predicted octanol–water partition coefficient (Wildman–Crippen LogP) is 1.83. The quantitative estimate of drug-likeness (QED) is 0.699. The standard InChI is InChI=1S/C10H19NO3/c1-6-11(7-8(2)12)9(13)14-10(3,4)5/h6-7H2,1-5H3. The van der Waals surface area contributed by atoms with Crippen molar-refractivity contribution in [2.45, 2.75) is 40.2 Å². The molecule has 0 aromatic carbocycles. The molecule has 0 rings (SSSR count). The lowest BCUT2D eigenvalue weighted by Crippen LogP contribution is -2.39. The van der Waals surface area contributed by atoms with Gasteiger partial charge in [0.1, 0.15) is 11.4 Å². The van der Waals surface area contributed by atoms with Gasteiger partial charge >= 0.3 is 6.09 Å². The van der Waals surface area contributed by atoms with Crippen molar-refractivity contribution in [3.8, 4) is 0 Å². The first-order valence-corrected chi connectivity index (χ1v) is 4.73. The highest BCUT2D eigenvalue weighted by molar-refractivity contribution is 5.82. The largest absolute Gasteiger partial charge is 0.444 e. The van der Waals surface area contributed by atoms with Crippen molar-refractivity contribution >= 4 is 11.9 Å². The molecule has 4 nitrogen and oxygen atoms in total. The third kappa shape index (κ3) is 5.56. The SMILES string of the molecule is CCN(CC(C)=O)C(=O)OC(C)(C)C. The minimum absolute atomic E-state index is 0.0438. The molecule has 0 unspecified atom stereocenters. The molecule has 0 aliphatic rings. The number of carbonyl (C=O) groups excluding carboxylic acids is 2. The highest BCUT2D eigenvalue weighted by Crippen LogP contribution is 2.09. The van der Waals surface area contributed by atoms with Crippen LogP contribution in [0.5, 0.6) is 0 Å². The molecule has 82 valence electrons. The van der Waals surface area contributed by atoms with Crippen LogP contribution in [-0.2, 0) is 9.53 Å². The van der Waals surface area contributed by atoms with Gasteiger partial charge in [0.2, 0.25) is 0 Å². The summed E-state index contributed by atoms with van der Waals surface area (Å²) in [4.78, 5) is 23.7. The van der Waals surface area contributed by atoms with E-state index in [1.165, 1.54) is 11.8 Å². The van der Waals surface area contributed by atoms with Gasteiger partial charge in [-0.2, -0.15) is 0 Å². The first kappa shape index (κ1) is 12.9. The average Bonchev–Trinajstić information content (AvgIpc) is 1.96. The number of amides is 1. The molecule has 0 bridgehead atoms. The molecule has 0 radical (unpaired) electrons. The number of hydrogen-bond donors (Lipinski definition) is 0. The highest BCUT2D eigenvalue weighted by atomic mass is 16.6. The molecule has 0 aliphatic heterocycles. The maximum atomic E-state index is 11.5. The molecule has 0 aromatic rings. The van der Waals surface area contributed by atoms with Crippen LogP contribution < -0.4 is 0 Å². The van der Waals surface area contributed by atoms with E-state index in [2.05, 4.69) is 0 Å². The molecular formula is C10H19NO3. The fourth-order valence-corrected chi connectivity index (χ4v) is 0.901. The zero-order valence-corrected chi connectivity index (χ0v) is 9.59. The Morgan fingerprint density at radius 1 is 1.29 bits per heavy atom. The number of ether oxygens (including phenoxy) is 1. The molecule has 0 N–H and O–H groups in total. The summed E-state index contributed by atoms with van der Waals surface area (Å²) < 4.78 is 5.13. The molecule has 14 heavy (non-hydrogen) atoms.